The summed E-state index contributed by atoms with van der Waals surface area (Å²) in [6.45, 7) is 11.0. The first-order valence-electron chi connectivity index (χ1n) is 12.8. The molecule has 0 aromatic heterocycles. The lowest BCUT2D eigenvalue weighted by Crippen LogP contribution is -2.49. The topological polar surface area (TPSA) is 114 Å². The minimum absolute atomic E-state index is 0.0533. The molecule has 1 aromatic carbocycles. The number of likely N-dealkylation sites (tertiary alicyclic amines) is 1. The van der Waals surface area contributed by atoms with Gasteiger partial charge in [-0.05, 0) is 54.0 Å². The summed E-state index contributed by atoms with van der Waals surface area (Å²) in [6, 6.07) is 3.61. The van der Waals surface area contributed by atoms with Crippen LogP contribution in [0.5, 0.6) is 0 Å². The largest absolute Gasteiger partial charge is 0.458 e. The van der Waals surface area contributed by atoms with Gasteiger partial charge in [-0.2, -0.15) is 0 Å². The van der Waals surface area contributed by atoms with E-state index in [0.29, 0.717) is 26.3 Å². The fourth-order valence-electron chi connectivity index (χ4n) is 4.67. The number of esters is 1. The molecule has 38 heavy (non-hydrogen) atoms. The molecule has 3 unspecified atom stereocenters. The van der Waals surface area contributed by atoms with E-state index in [4.69, 9.17) is 14.2 Å². The van der Waals surface area contributed by atoms with Gasteiger partial charge in [0.15, 0.2) is 0 Å². The van der Waals surface area contributed by atoms with Gasteiger partial charge in [-0.25, -0.2) is 14.0 Å². The molecule has 1 N–H and O–H groups in total. The summed E-state index contributed by atoms with van der Waals surface area (Å²) in [5, 5.41) is 2.41. The molecule has 10 nitrogen and oxygen atoms in total. The summed E-state index contributed by atoms with van der Waals surface area (Å²) in [4.78, 5) is 55.7. The van der Waals surface area contributed by atoms with E-state index in [0.717, 1.165) is 0 Å². The maximum Gasteiger partial charge on any atom is 0.408 e. The summed E-state index contributed by atoms with van der Waals surface area (Å²) in [7, 11) is 0. The highest BCUT2D eigenvalue weighted by Gasteiger charge is 2.53. The van der Waals surface area contributed by atoms with Gasteiger partial charge < -0.3 is 29.3 Å². The molecule has 0 spiro atoms. The van der Waals surface area contributed by atoms with E-state index < -0.39 is 59.5 Å². The van der Waals surface area contributed by atoms with Crippen LogP contribution in [0, 0.1) is 11.7 Å². The average Bonchev–Trinajstić information content (AvgIpc) is 3.21. The number of benzene rings is 1. The molecule has 2 aliphatic heterocycles. The van der Waals surface area contributed by atoms with Crippen LogP contribution in [0.1, 0.15) is 59.6 Å². The van der Waals surface area contributed by atoms with E-state index in [1.165, 1.54) is 23.1 Å². The summed E-state index contributed by atoms with van der Waals surface area (Å²) in [5.74, 6) is -3.20. The molecule has 2 heterocycles. The van der Waals surface area contributed by atoms with Crippen LogP contribution in [0.4, 0.5) is 9.18 Å². The molecule has 0 saturated carbocycles. The van der Waals surface area contributed by atoms with E-state index in [1.54, 1.807) is 52.5 Å². The Morgan fingerprint density at radius 2 is 1.61 bits per heavy atom. The quantitative estimate of drug-likeness (QED) is 0.577. The Labute approximate surface area is 222 Å². The molecular formula is C27H38FN3O7. The monoisotopic (exact) mass is 535 g/mol. The van der Waals surface area contributed by atoms with Gasteiger partial charge in [-0.3, -0.25) is 9.59 Å². The second-order valence-electron chi connectivity index (χ2n) is 11.5. The molecule has 2 aliphatic rings. The highest BCUT2D eigenvalue weighted by Crippen LogP contribution is 2.44. The van der Waals surface area contributed by atoms with Crippen molar-refractivity contribution in [1.82, 2.24) is 15.1 Å². The molecule has 0 aliphatic carbocycles. The number of amides is 3. The number of carbonyl (C=O) groups excluding carboxylic acids is 4. The van der Waals surface area contributed by atoms with Crippen LogP contribution in [-0.2, 0) is 28.6 Å². The Balaban J connectivity index is 2.00. The zero-order valence-electron chi connectivity index (χ0n) is 22.9. The van der Waals surface area contributed by atoms with Crippen molar-refractivity contribution in [1.29, 1.82) is 0 Å². The van der Waals surface area contributed by atoms with Crippen LogP contribution < -0.4 is 5.32 Å². The van der Waals surface area contributed by atoms with Gasteiger partial charge in [-0.15, -0.1) is 0 Å². The third-order valence-electron chi connectivity index (χ3n) is 6.11. The lowest BCUT2D eigenvalue weighted by molar-refractivity contribution is -0.164. The maximum absolute atomic E-state index is 15.2. The zero-order valence-corrected chi connectivity index (χ0v) is 22.9. The Bertz CT molecular complexity index is 1040. The van der Waals surface area contributed by atoms with Crippen molar-refractivity contribution in [3.8, 4) is 0 Å². The van der Waals surface area contributed by atoms with Crippen molar-refractivity contribution in [2.75, 3.05) is 32.8 Å². The molecule has 3 amide bonds. The molecule has 210 valence electrons. The van der Waals surface area contributed by atoms with Gasteiger partial charge in [0.05, 0.1) is 25.2 Å². The Kier molecular flexibility index (Phi) is 9.01. The van der Waals surface area contributed by atoms with Crippen molar-refractivity contribution < 1.29 is 37.8 Å². The smallest absolute Gasteiger partial charge is 0.408 e. The molecule has 11 heteroatoms. The van der Waals surface area contributed by atoms with Crippen molar-refractivity contribution in [2.24, 2.45) is 5.92 Å². The highest BCUT2D eigenvalue weighted by atomic mass is 19.1. The maximum atomic E-state index is 15.2. The average molecular weight is 536 g/mol. The third-order valence-corrected chi connectivity index (χ3v) is 6.11. The summed E-state index contributed by atoms with van der Waals surface area (Å²) >= 11 is 0. The lowest BCUT2D eigenvalue weighted by Gasteiger charge is -2.34. The molecule has 1 aromatic rings. The Morgan fingerprint density at radius 1 is 1.00 bits per heavy atom. The van der Waals surface area contributed by atoms with Crippen molar-refractivity contribution in [3.63, 3.8) is 0 Å². The minimum Gasteiger partial charge on any atom is -0.458 e. The predicted octanol–water partition coefficient (Wildman–Crippen LogP) is 2.81. The van der Waals surface area contributed by atoms with Crippen molar-refractivity contribution >= 4 is 23.9 Å². The number of nitrogens with one attached hydrogen (secondary N) is 1. The first-order valence-corrected chi connectivity index (χ1v) is 12.8. The minimum atomic E-state index is -1.17. The zero-order chi connectivity index (χ0) is 28.3. The van der Waals surface area contributed by atoms with E-state index in [2.05, 4.69) is 5.32 Å². The summed E-state index contributed by atoms with van der Waals surface area (Å²) in [6.07, 6.45) is -0.871. The molecule has 0 radical (unpaired) electrons. The molecule has 0 bridgehead atoms. The molecule has 3 atom stereocenters. The second kappa shape index (κ2) is 11.7. The van der Waals surface area contributed by atoms with Crippen LogP contribution in [0.3, 0.4) is 0 Å². The van der Waals surface area contributed by atoms with Gasteiger partial charge in [0.1, 0.15) is 29.6 Å². The molecule has 3 rings (SSSR count). The van der Waals surface area contributed by atoms with Gasteiger partial charge in [0.2, 0.25) is 11.8 Å². The van der Waals surface area contributed by atoms with Crippen LogP contribution >= 0.6 is 0 Å². The van der Waals surface area contributed by atoms with Gasteiger partial charge in [-0.1, -0.05) is 18.2 Å². The fraction of sp³-hybridized carbons (Fsp3) is 0.630. The number of nitrogens with zero attached hydrogens (tertiary/aromatic N) is 2. The SMILES string of the molecule is CC(C)(C)OC(=O)NCC(=O)N1C(C(=O)OC(C)(C)C)CC(C(=O)N2CCOCC2)C1c1ccccc1F. The molecule has 2 saturated heterocycles. The van der Waals surface area contributed by atoms with Crippen molar-refractivity contribution in [3.05, 3.63) is 35.6 Å². The van der Waals surface area contributed by atoms with Crippen LogP contribution in [0.2, 0.25) is 0 Å². The number of hydrogen-bond donors (Lipinski definition) is 1. The standard InChI is InChI=1S/C27H38FN3O7/c1-26(2,3)37-24(34)20-15-18(23(33)30-11-13-36-14-12-30)22(17-9-7-8-10-19(17)28)31(20)21(32)16-29-25(35)38-27(4,5)6/h7-10,18,20,22H,11-16H2,1-6H3,(H,29,35). The van der Waals surface area contributed by atoms with E-state index in [-0.39, 0.29) is 17.9 Å². The van der Waals surface area contributed by atoms with Crippen LogP contribution in [0.15, 0.2) is 24.3 Å². The summed E-state index contributed by atoms with van der Waals surface area (Å²) in [5.41, 5.74) is -1.54. The highest BCUT2D eigenvalue weighted by molar-refractivity contribution is 5.91. The second-order valence-corrected chi connectivity index (χ2v) is 11.5. The van der Waals surface area contributed by atoms with E-state index in [9.17, 15) is 19.2 Å². The first-order chi connectivity index (χ1) is 17.7. The van der Waals surface area contributed by atoms with Crippen LogP contribution in [-0.4, -0.2) is 83.8 Å². The van der Waals surface area contributed by atoms with Gasteiger partial charge in [0.25, 0.3) is 0 Å². The number of hydrogen-bond acceptors (Lipinski definition) is 7. The van der Waals surface area contributed by atoms with E-state index in [1.807, 2.05) is 0 Å². The molecule has 2 fully saturated rings. The Hall–Kier alpha value is -3.21. The number of morpholine rings is 1. The predicted molar refractivity (Wildman–Crippen MR) is 135 cm³/mol. The van der Waals surface area contributed by atoms with Crippen LogP contribution in [0.25, 0.3) is 0 Å². The fourth-order valence-corrected chi connectivity index (χ4v) is 4.67. The number of halogens is 1. The van der Waals surface area contributed by atoms with Gasteiger partial charge in [0, 0.05) is 18.7 Å². The number of alkyl carbamates (subject to hydrolysis) is 1. The van der Waals surface area contributed by atoms with Crippen molar-refractivity contribution in [2.45, 2.75) is 71.2 Å². The van der Waals surface area contributed by atoms with E-state index >= 15 is 4.39 Å². The third kappa shape index (κ3) is 7.43. The Morgan fingerprint density at radius 3 is 2.18 bits per heavy atom. The number of ether oxygens (including phenoxy) is 3. The number of rotatable bonds is 5. The summed E-state index contributed by atoms with van der Waals surface area (Å²) < 4.78 is 31.3. The molecular weight excluding hydrogens is 497 g/mol. The van der Waals surface area contributed by atoms with Gasteiger partial charge >= 0.3 is 12.1 Å². The first kappa shape index (κ1) is 29.3. The number of carbonyl (C=O) groups is 4. The normalized spacial score (nSPS) is 22.1. The lowest BCUT2D eigenvalue weighted by atomic mass is 9.91.